The third-order valence-electron chi connectivity index (χ3n) is 5.51. The molecule has 2 aromatic rings. The molecule has 0 amide bonds. The fraction of sp³-hybridized carbons (Fsp3) is 0.545. The molecule has 0 aromatic carbocycles. The minimum atomic E-state index is -0.426. The zero-order chi connectivity index (χ0) is 20.6. The van der Waals surface area contributed by atoms with Crippen LogP contribution >= 0.6 is 0 Å². The predicted octanol–water partition coefficient (Wildman–Crippen LogP) is 2.82. The lowest BCUT2D eigenvalue weighted by molar-refractivity contribution is 0.415. The number of hydrogen-bond acceptors (Lipinski definition) is 6. The highest BCUT2D eigenvalue weighted by atomic mass is 19.1. The summed E-state index contributed by atoms with van der Waals surface area (Å²) in [6.07, 6.45) is 5.79. The smallest absolute Gasteiger partial charge is 0.128 e. The van der Waals surface area contributed by atoms with E-state index in [-0.39, 0.29) is 0 Å². The van der Waals surface area contributed by atoms with Crippen LogP contribution in [0.3, 0.4) is 0 Å². The molecule has 158 valence electrons. The standard InChI is InChI=1S/C15H22FN3.C7H11N3/c1-11-13(9-16)4-5-15(18-11)19-7-6-17-14(10-19)8-12-2-3-12;1-9-5-6-3-2-4-10-7(6)8/h4-5,12,14,17H,2-3,6-10H2,1H3;2-4,9H,5H2,1H3,(H2,8,10). The molecule has 2 fully saturated rings. The summed E-state index contributed by atoms with van der Waals surface area (Å²) < 4.78 is 12.7. The summed E-state index contributed by atoms with van der Waals surface area (Å²) in [4.78, 5) is 10.8. The zero-order valence-corrected chi connectivity index (χ0v) is 17.5. The highest BCUT2D eigenvalue weighted by Gasteiger charge is 2.28. The molecular weight excluding hydrogens is 367 g/mol. The number of nitrogens with two attached hydrogens (primary N) is 1. The molecule has 6 nitrogen and oxygen atoms in total. The molecule has 4 rings (SSSR count). The SMILES string of the molecule is CNCc1cccnc1N.Cc1nc(N2CCNC(CC3CC3)C2)ccc1CF. The van der Waals surface area contributed by atoms with Crippen LogP contribution in [0.1, 0.15) is 36.1 Å². The molecule has 2 aliphatic rings. The first-order valence-corrected chi connectivity index (χ1v) is 10.5. The van der Waals surface area contributed by atoms with Crippen LogP contribution in [0.2, 0.25) is 0 Å². The van der Waals surface area contributed by atoms with Gasteiger partial charge in [0.2, 0.25) is 0 Å². The van der Waals surface area contributed by atoms with E-state index in [2.05, 4.69) is 25.5 Å². The maximum Gasteiger partial charge on any atom is 0.128 e. The third kappa shape index (κ3) is 6.37. The minimum absolute atomic E-state index is 0.426. The van der Waals surface area contributed by atoms with Crippen LogP contribution in [0.25, 0.3) is 0 Å². The predicted molar refractivity (Wildman–Crippen MR) is 117 cm³/mol. The number of halogens is 1. The van der Waals surface area contributed by atoms with Gasteiger partial charge in [-0.05, 0) is 38.4 Å². The minimum Gasteiger partial charge on any atom is -0.383 e. The van der Waals surface area contributed by atoms with Crippen LogP contribution in [-0.2, 0) is 13.2 Å². The second-order valence-corrected chi connectivity index (χ2v) is 7.90. The van der Waals surface area contributed by atoms with Crippen molar-refractivity contribution in [3.05, 3.63) is 47.3 Å². The fourth-order valence-corrected chi connectivity index (χ4v) is 3.63. The van der Waals surface area contributed by atoms with E-state index in [0.29, 0.717) is 17.4 Å². The summed E-state index contributed by atoms with van der Waals surface area (Å²) in [7, 11) is 1.88. The Morgan fingerprint density at radius 2 is 2.10 bits per heavy atom. The van der Waals surface area contributed by atoms with Gasteiger partial charge >= 0.3 is 0 Å². The zero-order valence-electron chi connectivity index (χ0n) is 17.5. The number of aromatic nitrogens is 2. The van der Waals surface area contributed by atoms with Crippen molar-refractivity contribution in [2.24, 2.45) is 5.92 Å². The summed E-state index contributed by atoms with van der Waals surface area (Å²) >= 11 is 0. The number of hydrogen-bond donors (Lipinski definition) is 3. The number of alkyl halides is 1. The lowest BCUT2D eigenvalue weighted by Gasteiger charge is -2.35. The van der Waals surface area contributed by atoms with E-state index in [9.17, 15) is 4.39 Å². The Morgan fingerprint density at radius 3 is 2.76 bits per heavy atom. The van der Waals surface area contributed by atoms with Crippen LogP contribution in [0.5, 0.6) is 0 Å². The summed E-state index contributed by atoms with van der Waals surface area (Å²) in [5, 5.41) is 6.60. The largest absolute Gasteiger partial charge is 0.383 e. The van der Waals surface area contributed by atoms with Crippen molar-refractivity contribution in [2.75, 3.05) is 37.3 Å². The van der Waals surface area contributed by atoms with Gasteiger partial charge < -0.3 is 21.3 Å². The Bertz CT molecular complexity index is 780. The lowest BCUT2D eigenvalue weighted by atomic mass is 10.1. The maximum absolute atomic E-state index is 12.7. The van der Waals surface area contributed by atoms with Crippen LogP contribution in [0.15, 0.2) is 30.5 Å². The number of aryl methyl sites for hydroxylation is 1. The normalized spacial score (nSPS) is 18.9. The van der Waals surface area contributed by atoms with Crippen LogP contribution in [0.4, 0.5) is 16.0 Å². The summed E-state index contributed by atoms with van der Waals surface area (Å²) in [6.45, 7) is 5.27. The van der Waals surface area contributed by atoms with Crippen molar-refractivity contribution in [1.82, 2.24) is 20.6 Å². The quantitative estimate of drug-likeness (QED) is 0.692. The van der Waals surface area contributed by atoms with Crippen LogP contribution < -0.4 is 21.3 Å². The Hall–Kier alpha value is -2.25. The molecule has 1 saturated heterocycles. The fourth-order valence-electron chi connectivity index (χ4n) is 3.63. The van der Waals surface area contributed by atoms with E-state index in [1.807, 2.05) is 38.2 Å². The van der Waals surface area contributed by atoms with Crippen molar-refractivity contribution in [3.63, 3.8) is 0 Å². The first-order valence-electron chi connectivity index (χ1n) is 10.5. The lowest BCUT2D eigenvalue weighted by Crippen LogP contribution is -2.51. The van der Waals surface area contributed by atoms with Gasteiger partial charge in [0, 0.05) is 55.2 Å². The van der Waals surface area contributed by atoms with Crippen LogP contribution in [0, 0.1) is 12.8 Å². The molecule has 0 radical (unpaired) electrons. The molecule has 7 heteroatoms. The number of pyridine rings is 2. The first-order chi connectivity index (χ1) is 14.1. The molecule has 1 atom stereocenters. The van der Waals surface area contributed by atoms with E-state index in [4.69, 9.17) is 5.73 Å². The van der Waals surface area contributed by atoms with Crippen molar-refractivity contribution in [2.45, 2.75) is 45.4 Å². The van der Waals surface area contributed by atoms with Gasteiger partial charge in [0.25, 0.3) is 0 Å². The topological polar surface area (TPSA) is 79.1 Å². The Labute approximate surface area is 173 Å². The van der Waals surface area contributed by atoms with E-state index in [0.717, 1.165) is 49.2 Å². The second-order valence-electron chi connectivity index (χ2n) is 7.90. The van der Waals surface area contributed by atoms with Crippen molar-refractivity contribution < 1.29 is 4.39 Å². The molecule has 3 heterocycles. The number of nitrogens with one attached hydrogen (secondary N) is 2. The molecule has 1 unspecified atom stereocenters. The first kappa shape index (κ1) is 21.5. The Morgan fingerprint density at radius 1 is 1.28 bits per heavy atom. The van der Waals surface area contributed by atoms with Crippen molar-refractivity contribution in [1.29, 1.82) is 0 Å². The number of piperazine rings is 1. The molecule has 1 aliphatic heterocycles. The molecule has 2 aromatic heterocycles. The molecule has 1 saturated carbocycles. The number of rotatable bonds is 6. The number of nitrogens with zero attached hydrogens (tertiary/aromatic N) is 3. The van der Waals surface area contributed by atoms with E-state index >= 15 is 0 Å². The maximum atomic E-state index is 12.7. The number of anilines is 2. The average Bonchev–Trinajstić information content (AvgIpc) is 3.54. The van der Waals surface area contributed by atoms with Gasteiger partial charge in [-0.25, -0.2) is 14.4 Å². The average molecular weight is 401 g/mol. The number of nitrogen functional groups attached to an aromatic ring is 1. The van der Waals surface area contributed by atoms with Gasteiger partial charge in [-0.1, -0.05) is 25.0 Å². The third-order valence-corrected chi connectivity index (χ3v) is 5.51. The molecular formula is C22H33FN6. The Kier molecular flexibility index (Phi) is 7.77. The summed E-state index contributed by atoms with van der Waals surface area (Å²) in [5.41, 5.74) is 8.12. The van der Waals surface area contributed by atoms with Gasteiger partial charge in [-0.2, -0.15) is 0 Å². The molecule has 0 bridgehead atoms. The van der Waals surface area contributed by atoms with Gasteiger partial charge in [-0.15, -0.1) is 0 Å². The van der Waals surface area contributed by atoms with Crippen LogP contribution in [-0.4, -0.2) is 42.7 Å². The molecule has 0 spiro atoms. The Balaban J connectivity index is 0.000000204. The van der Waals surface area contributed by atoms with Gasteiger partial charge in [0.1, 0.15) is 18.3 Å². The van der Waals surface area contributed by atoms with E-state index in [1.54, 1.807) is 6.20 Å². The van der Waals surface area contributed by atoms with E-state index in [1.165, 1.54) is 19.3 Å². The van der Waals surface area contributed by atoms with Gasteiger partial charge in [0.05, 0.1) is 0 Å². The van der Waals surface area contributed by atoms with Crippen molar-refractivity contribution >= 4 is 11.6 Å². The highest BCUT2D eigenvalue weighted by Crippen LogP contribution is 2.34. The van der Waals surface area contributed by atoms with Crippen molar-refractivity contribution in [3.8, 4) is 0 Å². The summed E-state index contributed by atoms with van der Waals surface area (Å²) in [5.74, 6) is 2.55. The second kappa shape index (κ2) is 10.5. The van der Waals surface area contributed by atoms with E-state index < -0.39 is 6.67 Å². The molecule has 29 heavy (non-hydrogen) atoms. The monoisotopic (exact) mass is 400 g/mol. The molecule has 1 aliphatic carbocycles. The van der Waals surface area contributed by atoms with Gasteiger partial charge in [-0.3, -0.25) is 0 Å². The summed E-state index contributed by atoms with van der Waals surface area (Å²) in [6, 6.07) is 8.25. The van der Waals surface area contributed by atoms with Gasteiger partial charge in [0.15, 0.2) is 0 Å². The highest BCUT2D eigenvalue weighted by molar-refractivity contribution is 5.42. The molecule has 4 N–H and O–H groups in total.